The zero-order valence-corrected chi connectivity index (χ0v) is 14.7. The first-order valence-corrected chi connectivity index (χ1v) is 8.95. The highest BCUT2D eigenvalue weighted by atomic mass is 16.6. The topological polar surface area (TPSA) is 77.3 Å². The van der Waals surface area contributed by atoms with E-state index < -0.39 is 17.5 Å². The van der Waals surface area contributed by atoms with Crippen molar-refractivity contribution in [2.45, 2.75) is 57.8 Å². The molecule has 6 heteroatoms. The van der Waals surface area contributed by atoms with Gasteiger partial charge in [0.15, 0.2) is 11.7 Å². The molecule has 3 saturated heterocycles. The molecule has 0 saturated carbocycles. The number of ether oxygens (including phenoxy) is 2. The summed E-state index contributed by atoms with van der Waals surface area (Å²) < 4.78 is 11.3. The standard InChI is InChI=1S/C18H27NO5/c1-4-12-9-11(2)18(3,22)17(21)23-10-13-5-7-19-8-6-14(15(13)19)24-16(12)20/h4,11,13-15,22H,5-10H2,1-3H3/p+1/b12-4-/t11-,13-,14-,15-,18+/m1/s1. The average Bonchev–Trinajstić information content (AvgIpc) is 3.12. The molecule has 0 aliphatic carbocycles. The predicted molar refractivity (Wildman–Crippen MR) is 86.2 cm³/mol. The Labute approximate surface area is 142 Å². The highest BCUT2D eigenvalue weighted by molar-refractivity contribution is 5.89. The molecular formula is C18H28NO5+. The lowest BCUT2D eigenvalue weighted by Gasteiger charge is -2.31. The van der Waals surface area contributed by atoms with Crippen LogP contribution in [-0.2, 0) is 19.1 Å². The Balaban J connectivity index is 1.89. The van der Waals surface area contributed by atoms with Gasteiger partial charge >= 0.3 is 11.9 Å². The Hall–Kier alpha value is -1.40. The summed E-state index contributed by atoms with van der Waals surface area (Å²) in [5.41, 5.74) is -1.10. The molecule has 6 nitrogen and oxygen atoms in total. The number of allylic oxidation sites excluding steroid dienone is 1. The normalized spacial score (nSPS) is 45.2. The minimum atomic E-state index is -1.62. The third-order valence-corrected chi connectivity index (χ3v) is 6.16. The number of quaternary nitrogens is 1. The van der Waals surface area contributed by atoms with Crippen molar-refractivity contribution >= 4 is 11.9 Å². The highest BCUT2D eigenvalue weighted by Gasteiger charge is 2.51. The van der Waals surface area contributed by atoms with E-state index in [1.807, 2.05) is 0 Å². The van der Waals surface area contributed by atoms with Crippen molar-refractivity contribution in [3.05, 3.63) is 11.6 Å². The summed E-state index contributed by atoms with van der Waals surface area (Å²) in [6.07, 6.45) is 3.71. The van der Waals surface area contributed by atoms with Gasteiger partial charge in [0.2, 0.25) is 0 Å². The second-order valence-electron chi connectivity index (χ2n) is 7.63. The van der Waals surface area contributed by atoms with Crippen molar-refractivity contribution in [2.75, 3.05) is 19.7 Å². The molecule has 134 valence electrons. The molecule has 3 heterocycles. The minimum absolute atomic E-state index is 0.108. The molecule has 3 rings (SSSR count). The second-order valence-corrected chi connectivity index (χ2v) is 7.63. The predicted octanol–water partition coefficient (Wildman–Crippen LogP) is -0.144. The van der Waals surface area contributed by atoms with Crippen LogP contribution in [-0.4, -0.2) is 54.5 Å². The third kappa shape index (κ3) is 2.97. The van der Waals surface area contributed by atoms with Crippen LogP contribution in [0.4, 0.5) is 0 Å². The van der Waals surface area contributed by atoms with Crippen LogP contribution in [0.25, 0.3) is 0 Å². The van der Waals surface area contributed by atoms with Gasteiger partial charge in [0.05, 0.1) is 19.0 Å². The van der Waals surface area contributed by atoms with Gasteiger partial charge in [-0.25, -0.2) is 9.59 Å². The van der Waals surface area contributed by atoms with Crippen molar-refractivity contribution in [3.8, 4) is 0 Å². The van der Waals surface area contributed by atoms with Gasteiger partial charge in [-0.15, -0.1) is 0 Å². The minimum Gasteiger partial charge on any atom is -0.463 e. The van der Waals surface area contributed by atoms with Crippen molar-refractivity contribution in [2.24, 2.45) is 11.8 Å². The first kappa shape index (κ1) is 17.4. The molecule has 1 unspecified atom stereocenters. The van der Waals surface area contributed by atoms with E-state index in [-0.39, 0.29) is 30.5 Å². The summed E-state index contributed by atoms with van der Waals surface area (Å²) in [7, 11) is 0. The van der Waals surface area contributed by atoms with Gasteiger partial charge in [-0.1, -0.05) is 13.0 Å². The first-order valence-electron chi connectivity index (χ1n) is 8.95. The lowest BCUT2D eigenvalue weighted by atomic mass is 9.85. The Kier molecular flexibility index (Phi) is 4.71. The number of hydrogen-bond donors (Lipinski definition) is 2. The van der Waals surface area contributed by atoms with Gasteiger partial charge in [0.25, 0.3) is 0 Å². The zero-order valence-electron chi connectivity index (χ0n) is 14.7. The fraction of sp³-hybridized carbons (Fsp3) is 0.778. The van der Waals surface area contributed by atoms with Gasteiger partial charge < -0.3 is 19.5 Å². The molecule has 3 aliphatic heterocycles. The molecule has 3 aliphatic rings. The molecule has 6 atom stereocenters. The van der Waals surface area contributed by atoms with Gasteiger partial charge in [-0.2, -0.15) is 0 Å². The molecule has 0 spiro atoms. The van der Waals surface area contributed by atoms with Crippen LogP contribution in [0.1, 0.15) is 40.0 Å². The fourth-order valence-corrected chi connectivity index (χ4v) is 4.33. The fourth-order valence-electron chi connectivity index (χ4n) is 4.33. The number of rotatable bonds is 0. The van der Waals surface area contributed by atoms with E-state index in [9.17, 15) is 14.7 Å². The second kappa shape index (κ2) is 6.48. The van der Waals surface area contributed by atoms with E-state index in [1.54, 1.807) is 19.9 Å². The molecule has 0 bridgehead atoms. The Morgan fingerprint density at radius 2 is 2.00 bits per heavy atom. The van der Waals surface area contributed by atoms with E-state index in [1.165, 1.54) is 11.8 Å². The van der Waals surface area contributed by atoms with Gasteiger partial charge in [-0.05, 0) is 26.2 Å². The molecule has 0 amide bonds. The molecule has 24 heavy (non-hydrogen) atoms. The smallest absolute Gasteiger partial charge is 0.338 e. The van der Waals surface area contributed by atoms with Crippen LogP contribution < -0.4 is 4.90 Å². The van der Waals surface area contributed by atoms with Crippen LogP contribution in [0.5, 0.6) is 0 Å². The highest BCUT2D eigenvalue weighted by Crippen LogP contribution is 2.30. The Bertz CT molecular complexity index is 556. The monoisotopic (exact) mass is 338 g/mol. The van der Waals surface area contributed by atoms with E-state index in [4.69, 9.17) is 9.47 Å². The average molecular weight is 338 g/mol. The van der Waals surface area contributed by atoms with Crippen molar-refractivity contribution in [1.82, 2.24) is 0 Å². The summed E-state index contributed by atoms with van der Waals surface area (Å²) in [5, 5.41) is 10.6. The summed E-state index contributed by atoms with van der Waals surface area (Å²) in [6, 6.07) is 0.196. The number of carbonyl (C=O) groups is 2. The summed E-state index contributed by atoms with van der Waals surface area (Å²) in [4.78, 5) is 26.4. The summed E-state index contributed by atoms with van der Waals surface area (Å²) >= 11 is 0. The Morgan fingerprint density at radius 1 is 1.29 bits per heavy atom. The number of cyclic esters (lactones) is 1. The SMILES string of the molecule is C/C=C1/C[C@@H](C)[C@](C)(O)C(=O)OC[C@H]2CC[NH+]3CC[C@@H](OC1=O)[C@@H]23. The van der Waals surface area contributed by atoms with E-state index in [0.717, 1.165) is 25.9 Å². The number of hydrogen-bond acceptors (Lipinski definition) is 5. The number of esters is 2. The van der Waals surface area contributed by atoms with Crippen LogP contribution in [0, 0.1) is 11.8 Å². The van der Waals surface area contributed by atoms with Crippen molar-refractivity contribution < 1.29 is 29.1 Å². The van der Waals surface area contributed by atoms with Crippen LogP contribution in [0.3, 0.4) is 0 Å². The third-order valence-electron chi connectivity index (χ3n) is 6.16. The molecule has 0 radical (unpaired) electrons. The quantitative estimate of drug-likeness (QED) is 0.475. The van der Waals surface area contributed by atoms with Crippen molar-refractivity contribution in [1.29, 1.82) is 0 Å². The lowest BCUT2D eigenvalue weighted by molar-refractivity contribution is -0.902. The summed E-state index contributed by atoms with van der Waals surface area (Å²) in [6.45, 7) is 7.31. The van der Waals surface area contributed by atoms with E-state index in [0.29, 0.717) is 12.2 Å². The van der Waals surface area contributed by atoms with E-state index in [2.05, 4.69) is 0 Å². The van der Waals surface area contributed by atoms with Crippen LogP contribution >= 0.6 is 0 Å². The van der Waals surface area contributed by atoms with Crippen LogP contribution in [0.15, 0.2) is 11.6 Å². The number of aliphatic hydroxyl groups is 1. The van der Waals surface area contributed by atoms with Gasteiger partial charge in [-0.3, -0.25) is 0 Å². The lowest BCUT2D eigenvalue weighted by Crippen LogP contribution is -3.12. The molecule has 0 aromatic heterocycles. The molecule has 0 aromatic carbocycles. The molecule has 0 aromatic rings. The maximum Gasteiger partial charge on any atom is 0.338 e. The number of carbonyl (C=O) groups excluding carboxylic acids is 2. The first-order chi connectivity index (χ1) is 11.3. The maximum atomic E-state index is 12.6. The molecule has 3 fully saturated rings. The van der Waals surface area contributed by atoms with Crippen LogP contribution in [0.2, 0.25) is 0 Å². The van der Waals surface area contributed by atoms with Crippen molar-refractivity contribution in [3.63, 3.8) is 0 Å². The maximum absolute atomic E-state index is 12.6. The molecule has 2 N–H and O–H groups in total. The van der Waals surface area contributed by atoms with E-state index >= 15 is 0 Å². The summed E-state index contributed by atoms with van der Waals surface area (Å²) in [5.74, 6) is -1.16. The van der Waals surface area contributed by atoms with Gasteiger partial charge in [0.1, 0.15) is 12.6 Å². The Morgan fingerprint density at radius 3 is 2.71 bits per heavy atom. The largest absolute Gasteiger partial charge is 0.463 e. The molecular weight excluding hydrogens is 310 g/mol. The zero-order chi connectivity index (χ0) is 17.5. The number of nitrogens with one attached hydrogen (secondary N) is 1. The van der Waals surface area contributed by atoms with Gasteiger partial charge in [0, 0.05) is 18.4 Å².